The number of fused-ring (bicyclic) bond motifs is 1. The van der Waals surface area contributed by atoms with Crippen LogP contribution in [0.4, 0.5) is 0 Å². The number of hydrogen-bond acceptors (Lipinski definition) is 2. The average Bonchev–Trinajstić information content (AvgIpc) is 2.91. The maximum atomic E-state index is 11.3. The van der Waals surface area contributed by atoms with Gasteiger partial charge in [0.2, 0.25) is 0 Å². The summed E-state index contributed by atoms with van der Waals surface area (Å²) < 4.78 is 0. The molecule has 0 aliphatic heterocycles. The van der Waals surface area contributed by atoms with E-state index in [9.17, 15) is 9.90 Å². The number of rotatable bonds is 4. The van der Waals surface area contributed by atoms with Crippen LogP contribution in [0.3, 0.4) is 0 Å². The molecule has 1 N–H and O–H groups in total. The van der Waals surface area contributed by atoms with Crippen LogP contribution in [-0.2, 0) is 19.3 Å². The number of carboxylic acids is 1. The highest BCUT2D eigenvalue weighted by Gasteiger charge is 2.20. The fourth-order valence-electron chi connectivity index (χ4n) is 2.88. The van der Waals surface area contributed by atoms with Crippen LogP contribution in [0.1, 0.15) is 39.7 Å². The number of hydrogen-bond donors (Lipinski definition) is 1. The van der Waals surface area contributed by atoms with Crippen molar-refractivity contribution < 1.29 is 9.90 Å². The lowest BCUT2D eigenvalue weighted by Crippen LogP contribution is -2.04. The van der Waals surface area contributed by atoms with Crippen molar-refractivity contribution in [3.63, 3.8) is 0 Å². The van der Waals surface area contributed by atoms with Gasteiger partial charge in [-0.15, -0.1) is 0 Å². The highest BCUT2D eigenvalue weighted by Crippen LogP contribution is 2.29. The van der Waals surface area contributed by atoms with Gasteiger partial charge >= 0.3 is 5.97 Å². The fraction of sp³-hybridized carbons (Fsp3) is 0.222. The average molecular weight is 314 g/mol. The number of aromatic nitrogens is 1. The lowest BCUT2D eigenvalue weighted by atomic mass is 9.99. The Labute approximate surface area is 134 Å². The van der Waals surface area contributed by atoms with E-state index in [4.69, 9.17) is 11.6 Å². The van der Waals surface area contributed by atoms with Crippen LogP contribution in [0.15, 0.2) is 36.0 Å². The summed E-state index contributed by atoms with van der Waals surface area (Å²) in [5.41, 5.74) is 5.45. The summed E-state index contributed by atoms with van der Waals surface area (Å²) in [6, 6.07) is 7.64. The van der Waals surface area contributed by atoms with Gasteiger partial charge in [-0.25, -0.2) is 4.79 Å². The molecule has 0 fully saturated rings. The fourth-order valence-corrected chi connectivity index (χ4v) is 3.13. The summed E-state index contributed by atoms with van der Waals surface area (Å²) in [5, 5.41) is 10.1. The lowest BCUT2D eigenvalue weighted by molar-refractivity contribution is 0.0695. The van der Waals surface area contributed by atoms with Crippen LogP contribution < -0.4 is 0 Å². The second-order valence-electron chi connectivity index (χ2n) is 5.46. The third-order valence-corrected chi connectivity index (χ3v) is 4.36. The zero-order valence-electron chi connectivity index (χ0n) is 12.3. The Morgan fingerprint density at radius 2 is 2.18 bits per heavy atom. The number of carbonyl (C=O) groups is 1. The summed E-state index contributed by atoms with van der Waals surface area (Å²) in [6.45, 7) is 2.08. The molecule has 0 spiro atoms. The maximum absolute atomic E-state index is 11.3. The molecule has 0 atom stereocenters. The van der Waals surface area contributed by atoms with Gasteiger partial charge in [-0.05, 0) is 54.2 Å². The number of aromatic carboxylic acids is 1. The van der Waals surface area contributed by atoms with Crippen LogP contribution in [0.25, 0.3) is 6.08 Å². The molecule has 0 unspecified atom stereocenters. The lowest BCUT2D eigenvalue weighted by Gasteiger charge is -2.07. The van der Waals surface area contributed by atoms with E-state index in [1.54, 1.807) is 12.3 Å². The molecule has 1 aromatic carbocycles. The molecule has 0 saturated carbocycles. The van der Waals surface area contributed by atoms with Gasteiger partial charge in [0.05, 0.1) is 11.3 Å². The van der Waals surface area contributed by atoms with Crippen molar-refractivity contribution >= 4 is 23.6 Å². The summed E-state index contributed by atoms with van der Waals surface area (Å²) in [7, 11) is 0. The van der Waals surface area contributed by atoms with Gasteiger partial charge in [-0.1, -0.05) is 36.2 Å². The summed E-state index contributed by atoms with van der Waals surface area (Å²) >= 11 is 6.15. The number of halogens is 1. The maximum Gasteiger partial charge on any atom is 0.336 e. The number of benzene rings is 1. The first kappa shape index (κ1) is 14.8. The molecular weight excluding hydrogens is 298 g/mol. The largest absolute Gasteiger partial charge is 0.478 e. The molecule has 4 heteroatoms. The molecular formula is C18H16ClNO2. The van der Waals surface area contributed by atoms with Crippen molar-refractivity contribution in [1.82, 2.24) is 4.98 Å². The minimum Gasteiger partial charge on any atom is -0.478 e. The van der Waals surface area contributed by atoms with Crippen molar-refractivity contribution in [3.8, 4) is 0 Å². The second-order valence-corrected chi connectivity index (χ2v) is 5.87. The van der Waals surface area contributed by atoms with E-state index >= 15 is 0 Å². The van der Waals surface area contributed by atoms with Crippen LogP contribution >= 0.6 is 11.6 Å². The Hall–Kier alpha value is -2.13. The molecule has 1 aliphatic carbocycles. The predicted octanol–water partition coefficient (Wildman–Crippen LogP) is 4.18. The zero-order chi connectivity index (χ0) is 15.7. The third-order valence-electron chi connectivity index (χ3n) is 3.99. The van der Waals surface area contributed by atoms with Crippen LogP contribution in [0, 0.1) is 0 Å². The van der Waals surface area contributed by atoms with Gasteiger partial charge in [0.15, 0.2) is 0 Å². The second kappa shape index (κ2) is 5.93. The molecule has 0 amide bonds. The Morgan fingerprint density at radius 1 is 1.36 bits per heavy atom. The number of nitrogens with zero attached hydrogens (tertiary/aromatic N) is 1. The molecule has 1 aromatic heterocycles. The van der Waals surface area contributed by atoms with Gasteiger partial charge in [-0.2, -0.15) is 0 Å². The molecule has 3 rings (SSSR count). The minimum atomic E-state index is -0.895. The van der Waals surface area contributed by atoms with Crippen molar-refractivity contribution in [2.75, 3.05) is 0 Å². The first-order chi connectivity index (χ1) is 10.6. The van der Waals surface area contributed by atoms with Gasteiger partial charge in [0.1, 0.15) is 0 Å². The topological polar surface area (TPSA) is 50.2 Å². The minimum absolute atomic E-state index is 0.349. The zero-order valence-corrected chi connectivity index (χ0v) is 13.0. The predicted molar refractivity (Wildman–Crippen MR) is 87.4 cm³/mol. The van der Waals surface area contributed by atoms with Crippen LogP contribution in [0.2, 0.25) is 5.02 Å². The van der Waals surface area contributed by atoms with E-state index in [0.29, 0.717) is 12.0 Å². The summed E-state index contributed by atoms with van der Waals surface area (Å²) in [4.78, 5) is 15.6. The number of allylic oxidation sites excluding steroid dienone is 1. The van der Waals surface area contributed by atoms with Crippen LogP contribution in [0.5, 0.6) is 0 Å². The van der Waals surface area contributed by atoms with Crippen molar-refractivity contribution in [1.29, 1.82) is 0 Å². The smallest absolute Gasteiger partial charge is 0.336 e. The van der Waals surface area contributed by atoms with Crippen LogP contribution in [-0.4, -0.2) is 16.1 Å². The third kappa shape index (κ3) is 2.77. The van der Waals surface area contributed by atoms with E-state index < -0.39 is 5.97 Å². The Kier molecular flexibility index (Phi) is 3.99. The summed E-state index contributed by atoms with van der Waals surface area (Å²) in [6.07, 6.45) is 5.90. The van der Waals surface area contributed by atoms with E-state index in [2.05, 4.69) is 18.0 Å². The van der Waals surface area contributed by atoms with Crippen molar-refractivity contribution in [2.24, 2.45) is 0 Å². The van der Waals surface area contributed by atoms with Crippen molar-refractivity contribution in [3.05, 3.63) is 69.0 Å². The van der Waals surface area contributed by atoms with E-state index in [1.165, 1.54) is 11.1 Å². The van der Waals surface area contributed by atoms with Gasteiger partial charge in [-0.3, -0.25) is 4.98 Å². The SMILES string of the molecule is CCc1cc(CC2=Cc3nccc(C(=O)O)c3C2)ccc1Cl. The standard InChI is InChI=1S/C18H16ClNO2/c1-2-13-8-11(3-4-16(13)19)7-12-9-15-14(18(21)22)5-6-20-17(15)10-12/h3-6,8,10H,2,7,9H2,1H3,(H,21,22). The van der Waals surface area contributed by atoms with E-state index in [0.717, 1.165) is 34.7 Å². The van der Waals surface area contributed by atoms with Gasteiger partial charge in [0, 0.05) is 11.2 Å². The first-order valence-corrected chi connectivity index (χ1v) is 7.64. The van der Waals surface area contributed by atoms with E-state index in [-0.39, 0.29) is 0 Å². The molecule has 0 radical (unpaired) electrons. The molecule has 1 aliphatic rings. The van der Waals surface area contributed by atoms with Crippen molar-refractivity contribution in [2.45, 2.75) is 26.2 Å². The van der Waals surface area contributed by atoms with E-state index in [1.807, 2.05) is 18.2 Å². The Morgan fingerprint density at radius 3 is 2.91 bits per heavy atom. The molecule has 2 aromatic rings. The quantitative estimate of drug-likeness (QED) is 0.921. The molecule has 0 bridgehead atoms. The molecule has 22 heavy (non-hydrogen) atoms. The number of carboxylic acid groups (broad SMARTS) is 1. The highest BCUT2D eigenvalue weighted by molar-refractivity contribution is 6.31. The van der Waals surface area contributed by atoms with Gasteiger partial charge in [0.25, 0.3) is 0 Å². The molecule has 0 saturated heterocycles. The highest BCUT2D eigenvalue weighted by atomic mass is 35.5. The normalized spacial score (nSPS) is 12.9. The first-order valence-electron chi connectivity index (χ1n) is 7.26. The Bertz CT molecular complexity index is 781. The number of aryl methyl sites for hydroxylation is 1. The number of pyridine rings is 1. The molecule has 112 valence electrons. The molecule has 1 heterocycles. The Balaban J connectivity index is 1.84. The molecule has 3 nitrogen and oxygen atoms in total. The summed E-state index contributed by atoms with van der Waals surface area (Å²) in [5.74, 6) is -0.895. The van der Waals surface area contributed by atoms with Gasteiger partial charge < -0.3 is 5.11 Å². The monoisotopic (exact) mass is 313 g/mol.